The second kappa shape index (κ2) is 2.03. The van der Waals surface area contributed by atoms with Crippen molar-refractivity contribution in [1.82, 2.24) is 15.2 Å². The molecule has 6 heteroatoms. The summed E-state index contributed by atoms with van der Waals surface area (Å²) in [6.45, 7) is 0. The zero-order valence-corrected chi connectivity index (χ0v) is 6.18. The second-order valence-electron chi connectivity index (χ2n) is 1.96. The fraction of sp³-hybridized carbons (Fsp3) is 0. The van der Waals surface area contributed by atoms with Gasteiger partial charge < -0.3 is 5.73 Å². The van der Waals surface area contributed by atoms with Crippen molar-refractivity contribution in [1.29, 1.82) is 0 Å². The number of hydrogen-bond donors (Lipinski definition) is 2. The quantitative estimate of drug-likeness (QED) is 0.578. The van der Waals surface area contributed by atoms with E-state index in [9.17, 15) is 4.79 Å². The van der Waals surface area contributed by atoms with E-state index in [1.54, 1.807) is 0 Å². The van der Waals surface area contributed by atoms with Crippen LogP contribution in [0.1, 0.15) is 0 Å². The molecule has 0 aliphatic rings. The summed E-state index contributed by atoms with van der Waals surface area (Å²) in [6.07, 6.45) is 1.53. The topological polar surface area (TPSA) is 84.7 Å². The average molecular weight is 168 g/mol. The first-order valence-corrected chi connectivity index (χ1v) is 3.69. The number of nitrogens with one attached hydrogen (secondary N) is 1. The van der Waals surface area contributed by atoms with Gasteiger partial charge in [0.2, 0.25) is 0 Å². The summed E-state index contributed by atoms with van der Waals surface area (Å²) in [7, 11) is 0. The van der Waals surface area contributed by atoms with E-state index < -0.39 is 0 Å². The maximum Gasteiger partial charge on any atom is 0.291 e. The van der Waals surface area contributed by atoms with Crippen LogP contribution in [0, 0.1) is 0 Å². The van der Waals surface area contributed by atoms with Gasteiger partial charge in [-0.25, -0.2) is 10.1 Å². The normalized spacial score (nSPS) is 10.5. The summed E-state index contributed by atoms with van der Waals surface area (Å²) < 4.78 is 0.714. The predicted octanol–water partition coefficient (Wildman–Crippen LogP) is -0.0382. The number of rotatable bonds is 0. The lowest BCUT2D eigenvalue weighted by Crippen LogP contribution is -2.06. The maximum atomic E-state index is 11.0. The Labute approximate surface area is 64.9 Å². The first kappa shape index (κ1) is 6.29. The van der Waals surface area contributed by atoms with Crippen molar-refractivity contribution in [2.45, 2.75) is 0 Å². The minimum absolute atomic E-state index is 0.296. The SMILES string of the molecule is Nc1nc2c(=O)[nH]ncc2s1. The minimum atomic E-state index is -0.296. The van der Waals surface area contributed by atoms with Crippen molar-refractivity contribution >= 4 is 26.7 Å². The Balaban J connectivity index is 3.02. The summed E-state index contributed by atoms with van der Waals surface area (Å²) >= 11 is 1.25. The second-order valence-corrected chi connectivity index (χ2v) is 3.03. The molecule has 56 valence electrons. The number of nitrogens with zero attached hydrogens (tertiary/aromatic N) is 2. The Morgan fingerprint density at radius 2 is 2.45 bits per heavy atom. The molecule has 0 aliphatic heterocycles. The van der Waals surface area contributed by atoms with Crippen LogP contribution in [0.25, 0.3) is 10.2 Å². The minimum Gasteiger partial charge on any atom is -0.375 e. The van der Waals surface area contributed by atoms with Gasteiger partial charge in [0, 0.05) is 0 Å². The van der Waals surface area contributed by atoms with Crippen LogP contribution >= 0.6 is 11.3 Å². The van der Waals surface area contributed by atoms with Gasteiger partial charge >= 0.3 is 0 Å². The molecule has 11 heavy (non-hydrogen) atoms. The largest absolute Gasteiger partial charge is 0.375 e. The summed E-state index contributed by atoms with van der Waals surface area (Å²) in [5.74, 6) is 0. The molecule has 0 radical (unpaired) electrons. The Hall–Kier alpha value is -1.43. The third-order valence-corrected chi connectivity index (χ3v) is 2.05. The molecule has 2 aromatic rings. The first-order chi connectivity index (χ1) is 5.27. The summed E-state index contributed by atoms with van der Waals surface area (Å²) in [5, 5.41) is 6.26. The molecule has 0 fully saturated rings. The number of hydrogen-bond acceptors (Lipinski definition) is 5. The van der Waals surface area contributed by atoms with Crippen molar-refractivity contribution in [3.05, 3.63) is 16.6 Å². The molecule has 3 N–H and O–H groups in total. The van der Waals surface area contributed by atoms with Crippen LogP contribution in [0.3, 0.4) is 0 Å². The first-order valence-electron chi connectivity index (χ1n) is 2.87. The molecule has 0 unspecified atom stereocenters. The molecule has 0 aliphatic carbocycles. The number of nitrogens with two attached hydrogens (primary N) is 1. The van der Waals surface area contributed by atoms with E-state index in [4.69, 9.17) is 5.73 Å². The molecule has 0 bridgehead atoms. The molecule has 5 nitrogen and oxygen atoms in total. The smallest absolute Gasteiger partial charge is 0.291 e. The van der Waals surface area contributed by atoms with Crippen molar-refractivity contribution in [2.75, 3.05) is 5.73 Å². The van der Waals surface area contributed by atoms with Crippen molar-refractivity contribution in [2.24, 2.45) is 0 Å². The highest BCUT2D eigenvalue weighted by molar-refractivity contribution is 7.22. The van der Waals surface area contributed by atoms with Gasteiger partial charge in [-0.05, 0) is 0 Å². The van der Waals surface area contributed by atoms with E-state index in [2.05, 4.69) is 15.2 Å². The number of H-pyrrole nitrogens is 1. The molecule has 0 spiro atoms. The molecular formula is C5H4N4OS. The fourth-order valence-corrected chi connectivity index (χ4v) is 1.50. The van der Waals surface area contributed by atoms with Crippen LogP contribution in [0.5, 0.6) is 0 Å². The van der Waals surface area contributed by atoms with E-state index in [1.807, 2.05) is 0 Å². The Kier molecular flexibility index (Phi) is 1.16. The van der Waals surface area contributed by atoms with Gasteiger partial charge in [0.25, 0.3) is 5.56 Å². The van der Waals surface area contributed by atoms with Crippen molar-refractivity contribution in [3.63, 3.8) is 0 Å². The zero-order valence-electron chi connectivity index (χ0n) is 5.37. The maximum absolute atomic E-state index is 11.0. The third kappa shape index (κ3) is 0.874. The van der Waals surface area contributed by atoms with Crippen molar-refractivity contribution in [3.8, 4) is 0 Å². The third-order valence-electron chi connectivity index (χ3n) is 1.23. The number of aromatic amines is 1. The number of aromatic nitrogens is 3. The number of fused-ring (bicyclic) bond motifs is 1. The number of anilines is 1. The predicted molar refractivity (Wildman–Crippen MR) is 42.4 cm³/mol. The van der Waals surface area contributed by atoms with E-state index in [-0.39, 0.29) is 5.56 Å². The van der Waals surface area contributed by atoms with Gasteiger partial charge in [-0.1, -0.05) is 11.3 Å². The summed E-state index contributed by atoms with van der Waals surface area (Å²) in [4.78, 5) is 14.8. The highest BCUT2D eigenvalue weighted by Crippen LogP contribution is 2.18. The van der Waals surface area contributed by atoms with E-state index in [0.717, 1.165) is 0 Å². The molecule has 0 aromatic carbocycles. The Morgan fingerprint density at radius 3 is 3.18 bits per heavy atom. The van der Waals surface area contributed by atoms with Crippen molar-refractivity contribution < 1.29 is 0 Å². The highest BCUT2D eigenvalue weighted by Gasteiger charge is 2.03. The lowest BCUT2D eigenvalue weighted by atomic mass is 10.5. The van der Waals surface area contributed by atoms with Crippen LogP contribution in [-0.2, 0) is 0 Å². The van der Waals surface area contributed by atoms with E-state index >= 15 is 0 Å². The molecule has 0 saturated carbocycles. The van der Waals surface area contributed by atoms with Crippen LogP contribution in [0.4, 0.5) is 5.13 Å². The monoisotopic (exact) mass is 168 g/mol. The average Bonchev–Trinajstić information content (AvgIpc) is 2.31. The molecule has 2 rings (SSSR count). The summed E-state index contributed by atoms with van der Waals surface area (Å²) in [6, 6.07) is 0. The zero-order chi connectivity index (χ0) is 7.84. The van der Waals surface area contributed by atoms with Crippen LogP contribution < -0.4 is 11.3 Å². The number of nitrogen functional groups attached to an aromatic ring is 1. The van der Waals surface area contributed by atoms with E-state index in [1.165, 1.54) is 17.5 Å². The van der Waals surface area contributed by atoms with Gasteiger partial charge in [-0.3, -0.25) is 4.79 Å². The van der Waals surface area contributed by atoms with E-state index in [0.29, 0.717) is 15.3 Å². The number of thiazole rings is 1. The molecule has 0 amide bonds. The highest BCUT2D eigenvalue weighted by atomic mass is 32.1. The summed E-state index contributed by atoms with van der Waals surface area (Å²) in [5.41, 5.74) is 5.45. The molecule has 0 atom stereocenters. The van der Waals surface area contributed by atoms with Crippen LogP contribution in [0.2, 0.25) is 0 Å². The van der Waals surface area contributed by atoms with Gasteiger partial charge in [-0.2, -0.15) is 5.10 Å². The molecule has 0 saturated heterocycles. The van der Waals surface area contributed by atoms with Gasteiger partial charge in [0.15, 0.2) is 10.6 Å². The Bertz CT molecular complexity index is 445. The fourth-order valence-electron chi connectivity index (χ4n) is 0.802. The Morgan fingerprint density at radius 1 is 1.64 bits per heavy atom. The van der Waals surface area contributed by atoms with Gasteiger partial charge in [0.1, 0.15) is 0 Å². The molecule has 2 aromatic heterocycles. The lowest BCUT2D eigenvalue weighted by Gasteiger charge is -1.80. The van der Waals surface area contributed by atoms with Crippen LogP contribution in [0.15, 0.2) is 11.0 Å². The van der Waals surface area contributed by atoms with Crippen LogP contribution in [-0.4, -0.2) is 15.2 Å². The standard InChI is InChI=1S/C5H4N4OS/c6-5-8-3-2(11-5)1-7-9-4(3)10/h1H,(H2,6,8)(H,9,10). The van der Waals surface area contributed by atoms with Gasteiger partial charge in [-0.15, -0.1) is 0 Å². The molecular weight excluding hydrogens is 164 g/mol. The van der Waals surface area contributed by atoms with Gasteiger partial charge in [0.05, 0.1) is 10.9 Å². The molecule has 2 heterocycles. The lowest BCUT2D eigenvalue weighted by molar-refractivity contribution is 1.01.